The van der Waals surface area contributed by atoms with E-state index in [-0.39, 0.29) is 0 Å². The fourth-order valence-electron chi connectivity index (χ4n) is 2.75. The molecule has 0 bridgehead atoms. The van der Waals surface area contributed by atoms with Crippen LogP contribution in [0.15, 0.2) is 35.5 Å². The summed E-state index contributed by atoms with van der Waals surface area (Å²) in [4.78, 5) is 18.9. The van der Waals surface area contributed by atoms with E-state index in [0.29, 0.717) is 6.42 Å². The highest BCUT2D eigenvalue weighted by molar-refractivity contribution is 5.84. The molecule has 0 saturated carbocycles. The number of rotatable bonds is 10. The molecule has 0 saturated heterocycles. The third-order valence-electron chi connectivity index (χ3n) is 4.10. The Morgan fingerprint density at radius 2 is 2.04 bits per heavy atom. The van der Waals surface area contributed by atoms with Crippen molar-refractivity contribution < 1.29 is 9.90 Å². The van der Waals surface area contributed by atoms with E-state index >= 15 is 0 Å². The maximum absolute atomic E-state index is 11.4. The number of carboxylic acids is 1. The van der Waals surface area contributed by atoms with Crippen molar-refractivity contribution in [2.75, 3.05) is 0 Å². The fraction of sp³-hybridized carbons (Fsp3) is 0.474. The normalized spacial score (nSPS) is 12.9. The summed E-state index contributed by atoms with van der Waals surface area (Å²) in [6.45, 7) is 2.20. The number of carbonyl (C=O) groups is 1. The average molecular weight is 314 g/mol. The van der Waals surface area contributed by atoms with Gasteiger partial charge in [-0.1, -0.05) is 50.8 Å². The topological polar surface area (TPSA) is 65.5 Å². The standard InChI is InChI=1S/C19H26N2O2/c1-2-3-4-5-6-9-12-20-18(19(22)23)13-15-14-21-17-11-8-7-10-16(15)17/h7-8,10-12,14,18,21H,2-6,9,13H2,1H3,(H,22,23)/t18-/m0/s1. The minimum absolute atomic E-state index is 0.422. The molecular formula is C19H26N2O2. The van der Waals surface area contributed by atoms with Crippen molar-refractivity contribution in [3.05, 3.63) is 36.0 Å². The summed E-state index contributed by atoms with van der Waals surface area (Å²) in [7, 11) is 0. The predicted octanol–water partition coefficient (Wildman–Crippen LogP) is 4.59. The van der Waals surface area contributed by atoms with Gasteiger partial charge in [0.05, 0.1) is 0 Å². The number of nitrogens with one attached hydrogen (secondary N) is 1. The highest BCUT2D eigenvalue weighted by atomic mass is 16.4. The Kier molecular flexibility index (Phi) is 6.85. The molecule has 0 fully saturated rings. The Hall–Kier alpha value is -2.10. The molecule has 4 nitrogen and oxygen atoms in total. The lowest BCUT2D eigenvalue weighted by Crippen LogP contribution is -2.20. The molecule has 0 aliphatic rings. The molecule has 0 aliphatic heterocycles. The van der Waals surface area contributed by atoms with Crippen LogP contribution in [0.5, 0.6) is 0 Å². The number of aromatic amines is 1. The molecule has 1 aromatic carbocycles. The molecule has 0 aliphatic carbocycles. The van der Waals surface area contributed by atoms with Crippen LogP contribution in [-0.2, 0) is 11.2 Å². The lowest BCUT2D eigenvalue weighted by atomic mass is 10.1. The third kappa shape index (κ3) is 5.23. The Bertz CT molecular complexity index is 646. The van der Waals surface area contributed by atoms with Gasteiger partial charge in [0.15, 0.2) is 6.04 Å². The summed E-state index contributed by atoms with van der Waals surface area (Å²) < 4.78 is 0. The zero-order valence-corrected chi connectivity index (χ0v) is 13.8. The van der Waals surface area contributed by atoms with Crippen LogP contribution in [0.4, 0.5) is 0 Å². The van der Waals surface area contributed by atoms with Gasteiger partial charge in [-0.25, -0.2) is 4.79 Å². The number of aromatic nitrogens is 1. The number of carboxylic acid groups (broad SMARTS) is 1. The Morgan fingerprint density at radius 1 is 1.26 bits per heavy atom. The Labute approximate surface area is 137 Å². The molecule has 4 heteroatoms. The van der Waals surface area contributed by atoms with Crippen LogP contribution >= 0.6 is 0 Å². The second-order valence-corrected chi connectivity index (χ2v) is 5.95. The van der Waals surface area contributed by atoms with Crippen LogP contribution < -0.4 is 0 Å². The van der Waals surface area contributed by atoms with Gasteiger partial charge in [0.2, 0.25) is 0 Å². The molecule has 1 atom stereocenters. The van der Waals surface area contributed by atoms with Crippen molar-refractivity contribution in [3.8, 4) is 0 Å². The van der Waals surface area contributed by atoms with Gasteiger partial charge in [-0.2, -0.15) is 0 Å². The number of H-pyrrole nitrogens is 1. The number of aliphatic imine (C=N–C) groups is 1. The first kappa shape index (κ1) is 17.3. The van der Waals surface area contributed by atoms with E-state index in [1.54, 1.807) is 6.21 Å². The minimum atomic E-state index is -0.863. The predicted molar refractivity (Wildman–Crippen MR) is 95.3 cm³/mol. The molecule has 0 amide bonds. The van der Waals surface area contributed by atoms with Crippen molar-refractivity contribution in [1.29, 1.82) is 0 Å². The molecule has 2 rings (SSSR count). The smallest absolute Gasteiger partial charge is 0.328 e. The highest BCUT2D eigenvalue weighted by Gasteiger charge is 2.17. The maximum Gasteiger partial charge on any atom is 0.328 e. The fourth-order valence-corrected chi connectivity index (χ4v) is 2.75. The van der Waals surface area contributed by atoms with Crippen molar-refractivity contribution >= 4 is 23.1 Å². The molecule has 23 heavy (non-hydrogen) atoms. The van der Waals surface area contributed by atoms with E-state index < -0.39 is 12.0 Å². The van der Waals surface area contributed by atoms with E-state index in [1.165, 1.54) is 25.7 Å². The van der Waals surface area contributed by atoms with Crippen molar-refractivity contribution in [1.82, 2.24) is 4.98 Å². The number of fused-ring (bicyclic) bond motifs is 1. The summed E-state index contributed by atoms with van der Waals surface area (Å²) in [5.74, 6) is -0.863. The van der Waals surface area contributed by atoms with Crippen molar-refractivity contribution in [2.24, 2.45) is 4.99 Å². The van der Waals surface area contributed by atoms with Crippen molar-refractivity contribution in [3.63, 3.8) is 0 Å². The SMILES string of the molecule is CCCCCCCC=N[C@@H](Cc1c[nH]c2ccccc12)C(=O)O. The van der Waals surface area contributed by atoms with Crippen LogP contribution in [0, 0.1) is 0 Å². The van der Waals surface area contributed by atoms with E-state index in [0.717, 1.165) is 29.3 Å². The van der Waals surface area contributed by atoms with Gasteiger partial charge in [-0.05, 0) is 30.7 Å². The van der Waals surface area contributed by atoms with Gasteiger partial charge in [-0.3, -0.25) is 4.99 Å². The number of unbranched alkanes of at least 4 members (excludes halogenated alkanes) is 5. The van der Waals surface area contributed by atoms with E-state index in [2.05, 4.69) is 16.9 Å². The average Bonchev–Trinajstić information content (AvgIpc) is 2.96. The van der Waals surface area contributed by atoms with Gasteiger partial charge in [-0.15, -0.1) is 0 Å². The van der Waals surface area contributed by atoms with E-state index in [4.69, 9.17) is 0 Å². The molecule has 1 aromatic heterocycles. The highest BCUT2D eigenvalue weighted by Crippen LogP contribution is 2.20. The lowest BCUT2D eigenvalue weighted by molar-refractivity contribution is -0.138. The lowest BCUT2D eigenvalue weighted by Gasteiger charge is -2.06. The molecular weight excluding hydrogens is 288 g/mol. The maximum atomic E-state index is 11.4. The summed E-state index contributed by atoms with van der Waals surface area (Å²) in [5.41, 5.74) is 2.04. The zero-order valence-electron chi connectivity index (χ0n) is 13.8. The second-order valence-electron chi connectivity index (χ2n) is 5.95. The first-order valence-electron chi connectivity index (χ1n) is 8.51. The van der Waals surface area contributed by atoms with Crippen LogP contribution in [0.25, 0.3) is 10.9 Å². The Balaban J connectivity index is 1.90. The van der Waals surface area contributed by atoms with Crippen molar-refractivity contribution in [2.45, 2.75) is 57.9 Å². The summed E-state index contributed by atoms with van der Waals surface area (Å²) >= 11 is 0. The van der Waals surface area contributed by atoms with Crippen LogP contribution in [0.3, 0.4) is 0 Å². The van der Waals surface area contributed by atoms with E-state index in [1.807, 2.05) is 30.5 Å². The number of benzene rings is 1. The second kappa shape index (κ2) is 9.13. The molecule has 0 radical (unpaired) electrons. The number of para-hydroxylation sites is 1. The summed E-state index contributed by atoms with van der Waals surface area (Å²) in [6, 6.07) is 7.24. The molecule has 1 heterocycles. The number of hydrogen-bond acceptors (Lipinski definition) is 2. The van der Waals surface area contributed by atoms with Gasteiger partial charge >= 0.3 is 5.97 Å². The zero-order chi connectivity index (χ0) is 16.5. The van der Waals surface area contributed by atoms with Gasteiger partial charge in [0.1, 0.15) is 0 Å². The third-order valence-corrected chi connectivity index (χ3v) is 4.10. The number of hydrogen-bond donors (Lipinski definition) is 2. The number of aliphatic carboxylic acids is 1. The number of nitrogens with zero attached hydrogens (tertiary/aromatic N) is 1. The Morgan fingerprint density at radius 3 is 2.83 bits per heavy atom. The van der Waals surface area contributed by atoms with Crippen LogP contribution in [-0.4, -0.2) is 28.3 Å². The quantitative estimate of drug-likeness (QED) is 0.497. The van der Waals surface area contributed by atoms with Gasteiger partial charge in [0.25, 0.3) is 0 Å². The molecule has 0 unspecified atom stereocenters. The summed E-state index contributed by atoms with van der Waals surface area (Å²) in [6.07, 6.45) is 11.0. The molecule has 0 spiro atoms. The van der Waals surface area contributed by atoms with Gasteiger partial charge in [0, 0.05) is 23.5 Å². The molecule has 2 aromatic rings. The summed E-state index contributed by atoms with van der Waals surface area (Å²) in [5, 5.41) is 10.5. The monoisotopic (exact) mass is 314 g/mol. The van der Waals surface area contributed by atoms with Gasteiger partial charge < -0.3 is 10.1 Å². The van der Waals surface area contributed by atoms with Crippen LogP contribution in [0.2, 0.25) is 0 Å². The minimum Gasteiger partial charge on any atom is -0.480 e. The first-order chi connectivity index (χ1) is 11.2. The molecule has 2 N–H and O–H groups in total. The van der Waals surface area contributed by atoms with E-state index in [9.17, 15) is 9.90 Å². The van der Waals surface area contributed by atoms with Crippen LogP contribution in [0.1, 0.15) is 51.0 Å². The first-order valence-corrected chi connectivity index (χ1v) is 8.51. The molecule has 124 valence electrons. The largest absolute Gasteiger partial charge is 0.480 e.